The van der Waals surface area contributed by atoms with Crippen LogP contribution in [0, 0.1) is 5.92 Å². The molecule has 3 nitrogen and oxygen atoms in total. The summed E-state index contributed by atoms with van der Waals surface area (Å²) < 4.78 is 39.1. The molecule has 1 atom stereocenters. The van der Waals surface area contributed by atoms with Gasteiger partial charge in [-0.25, -0.2) is 0 Å². The minimum absolute atomic E-state index is 0.0484. The molecule has 1 aliphatic heterocycles. The Balaban J connectivity index is 2.01. The van der Waals surface area contributed by atoms with Gasteiger partial charge >= 0.3 is 6.18 Å². The van der Waals surface area contributed by atoms with Crippen LogP contribution in [0.5, 0.6) is 0 Å². The minimum atomic E-state index is -4.46. The summed E-state index contributed by atoms with van der Waals surface area (Å²) in [5, 5.41) is 5.49. The normalized spacial score (nSPS) is 22.9. The van der Waals surface area contributed by atoms with Crippen molar-refractivity contribution in [3.8, 4) is 0 Å². The van der Waals surface area contributed by atoms with Crippen LogP contribution in [0.4, 0.5) is 18.9 Å². The first-order valence-electron chi connectivity index (χ1n) is 6.49. The van der Waals surface area contributed by atoms with Crippen LogP contribution < -0.4 is 5.01 Å². The fourth-order valence-corrected chi connectivity index (χ4v) is 2.47. The Hall–Kier alpha value is -1.85. The molecule has 20 heavy (non-hydrogen) atoms. The summed E-state index contributed by atoms with van der Waals surface area (Å²) >= 11 is 0. The van der Waals surface area contributed by atoms with Crippen molar-refractivity contribution < 1.29 is 18.0 Å². The highest BCUT2D eigenvalue weighted by molar-refractivity contribution is 5.95. The quantitative estimate of drug-likeness (QED) is 0.797. The molecule has 1 saturated carbocycles. The van der Waals surface area contributed by atoms with Gasteiger partial charge in [0, 0.05) is 12.1 Å². The molecular weight excluding hydrogens is 269 g/mol. The molecule has 1 aromatic rings. The van der Waals surface area contributed by atoms with Crippen molar-refractivity contribution >= 4 is 17.7 Å². The van der Waals surface area contributed by atoms with E-state index in [-0.39, 0.29) is 5.69 Å². The van der Waals surface area contributed by atoms with E-state index in [9.17, 15) is 18.0 Å². The molecule has 0 spiro atoms. The number of carbonyl (C=O) groups excluding carboxylic acids is 1. The summed E-state index contributed by atoms with van der Waals surface area (Å²) in [6, 6.07) is 4.61. The second kappa shape index (κ2) is 4.61. The maximum Gasteiger partial charge on any atom is 0.418 e. The van der Waals surface area contributed by atoms with Gasteiger partial charge in [0.15, 0.2) is 0 Å². The second-order valence-electron chi connectivity index (χ2n) is 5.13. The van der Waals surface area contributed by atoms with E-state index in [2.05, 4.69) is 5.10 Å². The van der Waals surface area contributed by atoms with Gasteiger partial charge in [0.05, 0.1) is 11.3 Å². The van der Waals surface area contributed by atoms with Crippen molar-refractivity contribution in [2.75, 3.05) is 5.01 Å². The molecule has 0 amide bonds. The molecule has 0 aromatic heterocycles. The highest BCUT2D eigenvalue weighted by Crippen LogP contribution is 2.41. The van der Waals surface area contributed by atoms with Crippen molar-refractivity contribution in [1.29, 1.82) is 0 Å². The third kappa shape index (κ3) is 2.30. The second-order valence-corrected chi connectivity index (χ2v) is 5.13. The Bertz CT molecular complexity index is 564. The maximum atomic E-state index is 13.0. The lowest BCUT2D eigenvalue weighted by molar-refractivity contribution is -0.137. The molecule has 1 heterocycles. The van der Waals surface area contributed by atoms with Crippen molar-refractivity contribution in [1.82, 2.24) is 0 Å². The van der Waals surface area contributed by atoms with E-state index in [0.717, 1.165) is 24.6 Å². The van der Waals surface area contributed by atoms with E-state index in [4.69, 9.17) is 0 Å². The van der Waals surface area contributed by atoms with E-state index in [1.165, 1.54) is 23.2 Å². The molecular formula is C14H13F3N2O. The number of hydrazone groups is 1. The van der Waals surface area contributed by atoms with Crippen LogP contribution in [0.2, 0.25) is 0 Å². The lowest BCUT2D eigenvalue weighted by atomic mass is 10.1. The zero-order valence-corrected chi connectivity index (χ0v) is 10.6. The van der Waals surface area contributed by atoms with Crippen LogP contribution in [0.25, 0.3) is 0 Å². The number of hydrogen-bond acceptors (Lipinski definition) is 3. The number of aldehydes is 1. The molecule has 2 aliphatic rings. The summed E-state index contributed by atoms with van der Waals surface area (Å²) in [7, 11) is 0. The van der Waals surface area contributed by atoms with Gasteiger partial charge in [-0.05, 0) is 30.9 Å². The van der Waals surface area contributed by atoms with Gasteiger partial charge in [0.2, 0.25) is 0 Å². The standard InChI is InChI=1S/C14H13F3N2O/c15-14(16,17)11-3-1-2-4-13(11)19-10(8-20)7-12(18-19)9-5-6-9/h1-4,8-10H,5-7H2. The van der Waals surface area contributed by atoms with Crippen LogP contribution in [0.1, 0.15) is 24.8 Å². The number of carbonyl (C=O) groups is 1. The molecule has 1 fully saturated rings. The number of alkyl halides is 3. The summed E-state index contributed by atoms with van der Waals surface area (Å²) in [4.78, 5) is 11.1. The van der Waals surface area contributed by atoms with E-state index in [1.807, 2.05) is 0 Å². The monoisotopic (exact) mass is 282 g/mol. The topological polar surface area (TPSA) is 32.7 Å². The summed E-state index contributed by atoms with van der Waals surface area (Å²) in [5.41, 5.74) is 0.0412. The Morgan fingerprint density at radius 1 is 1.25 bits per heavy atom. The molecule has 0 N–H and O–H groups in total. The highest BCUT2D eigenvalue weighted by Gasteiger charge is 2.40. The number of benzene rings is 1. The first-order chi connectivity index (χ1) is 9.50. The fraction of sp³-hybridized carbons (Fsp3) is 0.429. The van der Waals surface area contributed by atoms with Crippen molar-refractivity contribution in [3.05, 3.63) is 29.8 Å². The molecule has 1 unspecified atom stereocenters. The molecule has 0 bridgehead atoms. The summed E-state index contributed by atoms with van der Waals surface area (Å²) in [6.45, 7) is 0. The largest absolute Gasteiger partial charge is 0.418 e. The lowest BCUT2D eigenvalue weighted by Gasteiger charge is -2.23. The lowest BCUT2D eigenvalue weighted by Crippen LogP contribution is -2.29. The number of nitrogens with zero attached hydrogens (tertiary/aromatic N) is 2. The summed E-state index contributed by atoms with van der Waals surface area (Å²) in [6.07, 6.45) is -1.33. The Labute approximate surface area is 114 Å². The van der Waals surface area contributed by atoms with Crippen LogP contribution in [-0.2, 0) is 11.0 Å². The van der Waals surface area contributed by atoms with Crippen molar-refractivity contribution in [2.45, 2.75) is 31.5 Å². The zero-order chi connectivity index (χ0) is 14.3. The molecule has 6 heteroatoms. The van der Waals surface area contributed by atoms with Crippen LogP contribution in [-0.4, -0.2) is 18.0 Å². The van der Waals surface area contributed by atoms with Gasteiger partial charge in [-0.2, -0.15) is 18.3 Å². The molecule has 3 rings (SSSR count). The third-order valence-electron chi connectivity index (χ3n) is 3.63. The van der Waals surface area contributed by atoms with Gasteiger partial charge in [0.25, 0.3) is 0 Å². The Morgan fingerprint density at radius 2 is 1.95 bits per heavy atom. The van der Waals surface area contributed by atoms with Crippen LogP contribution in [0.3, 0.4) is 0 Å². The van der Waals surface area contributed by atoms with Gasteiger partial charge < -0.3 is 4.79 Å². The van der Waals surface area contributed by atoms with E-state index >= 15 is 0 Å². The number of rotatable bonds is 3. The summed E-state index contributed by atoms with van der Waals surface area (Å²) in [5.74, 6) is 0.348. The third-order valence-corrected chi connectivity index (χ3v) is 3.63. The number of anilines is 1. The zero-order valence-electron chi connectivity index (χ0n) is 10.6. The average Bonchev–Trinajstić information content (AvgIpc) is 3.17. The smallest absolute Gasteiger partial charge is 0.301 e. The van der Waals surface area contributed by atoms with Crippen LogP contribution in [0.15, 0.2) is 29.4 Å². The first-order valence-corrected chi connectivity index (χ1v) is 6.49. The average molecular weight is 282 g/mol. The number of hydrogen-bond donors (Lipinski definition) is 0. The Morgan fingerprint density at radius 3 is 2.55 bits per heavy atom. The first kappa shape index (κ1) is 13.1. The predicted molar refractivity (Wildman–Crippen MR) is 68.6 cm³/mol. The number of para-hydroxylation sites is 1. The van der Waals surface area contributed by atoms with Gasteiger partial charge in [-0.15, -0.1) is 0 Å². The van der Waals surface area contributed by atoms with Crippen LogP contribution >= 0.6 is 0 Å². The van der Waals surface area contributed by atoms with Gasteiger partial charge in [-0.1, -0.05) is 12.1 Å². The van der Waals surface area contributed by atoms with E-state index in [1.54, 1.807) is 0 Å². The van der Waals surface area contributed by atoms with Crippen molar-refractivity contribution in [3.63, 3.8) is 0 Å². The molecule has 1 aromatic carbocycles. The molecule has 1 aliphatic carbocycles. The SMILES string of the molecule is O=CC1CC(C2CC2)=NN1c1ccccc1C(F)(F)F. The van der Waals surface area contributed by atoms with Gasteiger partial charge in [0.1, 0.15) is 12.3 Å². The Kier molecular flexibility index (Phi) is 3.03. The molecule has 0 saturated heterocycles. The maximum absolute atomic E-state index is 13.0. The fourth-order valence-electron chi connectivity index (χ4n) is 2.47. The highest BCUT2D eigenvalue weighted by atomic mass is 19.4. The van der Waals surface area contributed by atoms with E-state index in [0.29, 0.717) is 18.6 Å². The molecule has 106 valence electrons. The molecule has 0 radical (unpaired) electrons. The van der Waals surface area contributed by atoms with E-state index < -0.39 is 17.8 Å². The van der Waals surface area contributed by atoms with Crippen molar-refractivity contribution in [2.24, 2.45) is 11.0 Å². The van der Waals surface area contributed by atoms with Gasteiger partial charge in [-0.3, -0.25) is 5.01 Å². The predicted octanol–water partition coefficient (Wildman–Crippen LogP) is 3.25. The minimum Gasteiger partial charge on any atom is -0.301 e. The number of halogens is 3.